The number of benzene rings is 1. The van der Waals surface area contributed by atoms with Crippen LogP contribution >= 0.6 is 0 Å². The van der Waals surface area contributed by atoms with Crippen molar-refractivity contribution in [2.45, 2.75) is 58.0 Å². The van der Waals surface area contributed by atoms with Crippen LogP contribution in [0.4, 0.5) is 5.69 Å². The lowest BCUT2D eigenvalue weighted by molar-refractivity contribution is -0.117. The molecule has 2 N–H and O–H groups in total. The van der Waals surface area contributed by atoms with Crippen LogP contribution in [0.15, 0.2) is 18.2 Å². The molecule has 2 aliphatic rings. The normalized spacial score (nSPS) is 28.4. The minimum atomic E-state index is 0.175. The average molecular weight is 272 g/mol. The molecule has 2 saturated heterocycles. The SMILES string of the molecule is Cc1cccc(C)c1NC(=O)CC1CC2CCC(C1)N2. The Balaban J connectivity index is 1.60. The molecule has 2 unspecified atom stereocenters. The van der Waals surface area contributed by atoms with Crippen LogP contribution in [0.25, 0.3) is 0 Å². The van der Waals surface area contributed by atoms with E-state index in [0.29, 0.717) is 24.4 Å². The number of hydrogen-bond acceptors (Lipinski definition) is 2. The van der Waals surface area contributed by atoms with Crippen LogP contribution in [0.5, 0.6) is 0 Å². The predicted molar refractivity (Wildman–Crippen MR) is 81.8 cm³/mol. The van der Waals surface area contributed by atoms with E-state index in [1.165, 1.54) is 12.8 Å². The van der Waals surface area contributed by atoms with Crippen molar-refractivity contribution in [3.8, 4) is 0 Å². The minimum Gasteiger partial charge on any atom is -0.326 e. The quantitative estimate of drug-likeness (QED) is 0.887. The van der Waals surface area contributed by atoms with Crippen LogP contribution in [-0.4, -0.2) is 18.0 Å². The van der Waals surface area contributed by atoms with E-state index in [1.54, 1.807) is 0 Å². The topological polar surface area (TPSA) is 41.1 Å². The van der Waals surface area contributed by atoms with E-state index in [2.05, 4.69) is 10.6 Å². The van der Waals surface area contributed by atoms with Gasteiger partial charge in [0.1, 0.15) is 0 Å². The van der Waals surface area contributed by atoms with E-state index in [9.17, 15) is 4.79 Å². The summed E-state index contributed by atoms with van der Waals surface area (Å²) in [6.45, 7) is 4.10. The van der Waals surface area contributed by atoms with E-state index in [0.717, 1.165) is 29.7 Å². The minimum absolute atomic E-state index is 0.175. The molecule has 0 radical (unpaired) electrons. The maximum Gasteiger partial charge on any atom is 0.224 e. The zero-order valence-electron chi connectivity index (χ0n) is 12.4. The van der Waals surface area contributed by atoms with Gasteiger partial charge in [-0.3, -0.25) is 4.79 Å². The molecule has 1 amide bonds. The number of rotatable bonds is 3. The molecule has 2 heterocycles. The number of aryl methyl sites for hydroxylation is 2. The first-order valence-electron chi connectivity index (χ1n) is 7.74. The van der Waals surface area contributed by atoms with Crippen molar-refractivity contribution in [2.75, 3.05) is 5.32 Å². The second kappa shape index (κ2) is 5.57. The Labute approximate surface area is 121 Å². The molecule has 0 aliphatic carbocycles. The van der Waals surface area contributed by atoms with Gasteiger partial charge in [-0.15, -0.1) is 0 Å². The lowest BCUT2D eigenvalue weighted by Gasteiger charge is -2.28. The number of fused-ring (bicyclic) bond motifs is 2. The number of piperidine rings is 1. The summed E-state index contributed by atoms with van der Waals surface area (Å²) in [6, 6.07) is 7.45. The van der Waals surface area contributed by atoms with Crippen LogP contribution < -0.4 is 10.6 Å². The molecule has 3 nitrogen and oxygen atoms in total. The van der Waals surface area contributed by atoms with Gasteiger partial charge in [-0.05, 0) is 56.6 Å². The van der Waals surface area contributed by atoms with Crippen molar-refractivity contribution >= 4 is 11.6 Å². The lowest BCUT2D eigenvalue weighted by atomic mass is 9.89. The van der Waals surface area contributed by atoms with Crippen molar-refractivity contribution in [1.82, 2.24) is 5.32 Å². The monoisotopic (exact) mass is 272 g/mol. The highest BCUT2D eigenvalue weighted by atomic mass is 16.1. The Morgan fingerprint density at radius 3 is 2.40 bits per heavy atom. The van der Waals surface area contributed by atoms with E-state index >= 15 is 0 Å². The molecule has 3 heteroatoms. The van der Waals surface area contributed by atoms with Crippen molar-refractivity contribution in [1.29, 1.82) is 0 Å². The summed E-state index contributed by atoms with van der Waals surface area (Å²) in [4.78, 5) is 12.3. The van der Waals surface area contributed by atoms with Gasteiger partial charge >= 0.3 is 0 Å². The predicted octanol–water partition coefficient (Wildman–Crippen LogP) is 3.16. The first-order chi connectivity index (χ1) is 9.61. The van der Waals surface area contributed by atoms with Crippen LogP contribution in [0, 0.1) is 19.8 Å². The molecule has 1 aromatic carbocycles. The number of anilines is 1. The summed E-state index contributed by atoms with van der Waals surface area (Å²) >= 11 is 0. The maximum absolute atomic E-state index is 12.3. The fraction of sp³-hybridized carbons (Fsp3) is 0.588. The van der Waals surface area contributed by atoms with Gasteiger partial charge in [-0.25, -0.2) is 0 Å². The fourth-order valence-electron chi connectivity index (χ4n) is 3.81. The van der Waals surface area contributed by atoms with Crippen molar-refractivity contribution in [3.63, 3.8) is 0 Å². The second-order valence-electron chi connectivity index (χ2n) is 6.49. The molecule has 108 valence electrons. The second-order valence-corrected chi connectivity index (χ2v) is 6.49. The average Bonchev–Trinajstić information content (AvgIpc) is 2.73. The highest BCUT2D eigenvalue weighted by Gasteiger charge is 2.34. The molecule has 2 atom stereocenters. The van der Waals surface area contributed by atoms with Gasteiger partial charge in [0.05, 0.1) is 0 Å². The molecule has 3 rings (SSSR count). The van der Waals surface area contributed by atoms with Crippen LogP contribution in [0.2, 0.25) is 0 Å². The van der Waals surface area contributed by atoms with E-state index < -0.39 is 0 Å². The molecule has 1 aromatic rings. The first kappa shape index (κ1) is 13.6. The van der Waals surface area contributed by atoms with E-state index in [4.69, 9.17) is 0 Å². The van der Waals surface area contributed by atoms with E-state index in [1.807, 2.05) is 32.0 Å². The van der Waals surface area contributed by atoms with Crippen molar-refractivity contribution in [2.24, 2.45) is 5.92 Å². The summed E-state index contributed by atoms with van der Waals surface area (Å²) in [7, 11) is 0. The first-order valence-corrected chi connectivity index (χ1v) is 7.74. The van der Waals surface area contributed by atoms with Crippen LogP contribution in [0.1, 0.15) is 43.2 Å². The number of hydrogen-bond donors (Lipinski definition) is 2. The highest BCUT2D eigenvalue weighted by molar-refractivity contribution is 5.92. The van der Waals surface area contributed by atoms with Gasteiger partial charge < -0.3 is 10.6 Å². The Kier molecular flexibility index (Phi) is 3.79. The third kappa shape index (κ3) is 2.88. The Morgan fingerprint density at radius 1 is 1.20 bits per heavy atom. The van der Waals surface area contributed by atoms with Gasteiger partial charge in [-0.1, -0.05) is 18.2 Å². The largest absolute Gasteiger partial charge is 0.326 e. The summed E-state index contributed by atoms with van der Waals surface area (Å²) in [5.74, 6) is 0.728. The van der Waals surface area contributed by atoms with Crippen LogP contribution in [-0.2, 0) is 4.79 Å². The Morgan fingerprint density at radius 2 is 1.80 bits per heavy atom. The molecule has 2 fully saturated rings. The van der Waals surface area contributed by atoms with Gasteiger partial charge in [0.25, 0.3) is 0 Å². The van der Waals surface area contributed by atoms with Gasteiger partial charge in [0.15, 0.2) is 0 Å². The lowest BCUT2D eigenvalue weighted by Crippen LogP contribution is -2.39. The highest BCUT2D eigenvalue weighted by Crippen LogP contribution is 2.33. The molecule has 0 spiro atoms. The molecule has 2 aliphatic heterocycles. The van der Waals surface area contributed by atoms with Gasteiger partial charge in [0, 0.05) is 24.2 Å². The smallest absolute Gasteiger partial charge is 0.224 e. The molecular weight excluding hydrogens is 248 g/mol. The third-order valence-corrected chi connectivity index (χ3v) is 4.79. The maximum atomic E-state index is 12.3. The van der Waals surface area contributed by atoms with Crippen molar-refractivity contribution in [3.05, 3.63) is 29.3 Å². The summed E-state index contributed by atoms with van der Waals surface area (Å²) in [5.41, 5.74) is 3.28. The van der Waals surface area contributed by atoms with E-state index in [-0.39, 0.29) is 5.91 Å². The Hall–Kier alpha value is -1.35. The zero-order chi connectivity index (χ0) is 14.1. The summed E-state index contributed by atoms with van der Waals surface area (Å²) < 4.78 is 0. The van der Waals surface area contributed by atoms with Crippen LogP contribution in [0.3, 0.4) is 0 Å². The molecular formula is C17H24N2O. The zero-order valence-corrected chi connectivity index (χ0v) is 12.4. The molecule has 2 bridgehead atoms. The van der Waals surface area contributed by atoms with Crippen molar-refractivity contribution < 1.29 is 4.79 Å². The molecule has 0 saturated carbocycles. The number of carbonyl (C=O) groups excluding carboxylic acids is 1. The van der Waals surface area contributed by atoms with Gasteiger partial charge in [0.2, 0.25) is 5.91 Å². The third-order valence-electron chi connectivity index (χ3n) is 4.79. The Bertz CT molecular complexity index is 479. The number of carbonyl (C=O) groups is 1. The summed E-state index contributed by atoms with van der Waals surface area (Å²) in [6.07, 6.45) is 5.58. The number of amides is 1. The fourth-order valence-corrected chi connectivity index (χ4v) is 3.81. The molecule has 20 heavy (non-hydrogen) atoms. The summed E-state index contributed by atoms with van der Waals surface area (Å²) in [5, 5.41) is 6.75. The number of nitrogens with one attached hydrogen (secondary N) is 2. The molecule has 0 aromatic heterocycles. The standard InChI is InChI=1S/C17H24N2O/c1-11-4-3-5-12(2)17(11)19-16(20)10-13-8-14-6-7-15(9-13)18-14/h3-5,13-15,18H,6-10H2,1-2H3,(H,19,20). The number of para-hydroxylation sites is 1. The van der Waals surface area contributed by atoms with Gasteiger partial charge in [-0.2, -0.15) is 0 Å².